The topological polar surface area (TPSA) is 79.5 Å². The van der Waals surface area contributed by atoms with Crippen LogP contribution in [0.5, 0.6) is 0 Å². The highest BCUT2D eigenvalue weighted by molar-refractivity contribution is 5.94. The summed E-state index contributed by atoms with van der Waals surface area (Å²) in [6.45, 7) is 1.55. The van der Waals surface area contributed by atoms with E-state index < -0.39 is 6.09 Å². The van der Waals surface area contributed by atoms with Crippen molar-refractivity contribution in [2.24, 2.45) is 0 Å². The van der Waals surface area contributed by atoms with Crippen molar-refractivity contribution in [3.63, 3.8) is 0 Å². The first-order valence-corrected chi connectivity index (χ1v) is 8.15. The molecule has 2 aromatic carbocycles. The lowest BCUT2D eigenvalue weighted by atomic mass is 10.1. The van der Waals surface area contributed by atoms with Gasteiger partial charge in [-0.2, -0.15) is 0 Å². The standard InChI is InChI=1S/C19H23N3O3/c1-20-13-16-8-5-9-17(12-16)18(23)21-10-11-22-19(24)25-14-15-6-3-2-4-7-15/h2-9,12,20H,10-11,13-14H2,1H3,(H,21,23)(H,22,24). The van der Waals surface area contributed by atoms with E-state index in [0.717, 1.165) is 11.1 Å². The number of benzene rings is 2. The third-order valence-electron chi connectivity index (χ3n) is 3.46. The lowest BCUT2D eigenvalue weighted by molar-refractivity contribution is 0.0951. The molecular weight excluding hydrogens is 318 g/mol. The van der Waals surface area contributed by atoms with E-state index in [1.54, 1.807) is 6.07 Å². The third kappa shape index (κ3) is 6.64. The summed E-state index contributed by atoms with van der Waals surface area (Å²) in [7, 11) is 1.86. The summed E-state index contributed by atoms with van der Waals surface area (Å²) in [5.41, 5.74) is 2.56. The fraction of sp³-hybridized carbons (Fsp3) is 0.263. The largest absolute Gasteiger partial charge is 0.445 e. The minimum Gasteiger partial charge on any atom is -0.445 e. The first kappa shape index (κ1) is 18.5. The first-order chi connectivity index (χ1) is 12.2. The van der Waals surface area contributed by atoms with Gasteiger partial charge in [0.25, 0.3) is 5.91 Å². The summed E-state index contributed by atoms with van der Waals surface area (Å²) in [5, 5.41) is 8.42. The molecule has 0 aromatic heterocycles. The molecule has 3 N–H and O–H groups in total. The Morgan fingerprint density at radius 3 is 2.40 bits per heavy atom. The molecule has 0 aliphatic heterocycles. The zero-order chi connectivity index (χ0) is 17.9. The molecule has 6 nitrogen and oxygen atoms in total. The van der Waals surface area contributed by atoms with Crippen molar-refractivity contribution in [2.75, 3.05) is 20.1 Å². The summed E-state index contributed by atoms with van der Waals surface area (Å²) in [5.74, 6) is -0.169. The maximum Gasteiger partial charge on any atom is 0.407 e. The molecule has 0 bridgehead atoms. The molecule has 0 radical (unpaired) electrons. The quantitative estimate of drug-likeness (QED) is 0.642. The Balaban J connectivity index is 1.65. The van der Waals surface area contributed by atoms with Crippen LogP contribution in [0.25, 0.3) is 0 Å². The van der Waals surface area contributed by atoms with Gasteiger partial charge in [-0.15, -0.1) is 0 Å². The molecule has 25 heavy (non-hydrogen) atoms. The van der Waals surface area contributed by atoms with Gasteiger partial charge in [-0.3, -0.25) is 4.79 Å². The molecule has 132 valence electrons. The lowest BCUT2D eigenvalue weighted by Gasteiger charge is -2.09. The maximum absolute atomic E-state index is 12.1. The molecule has 0 aliphatic rings. The molecule has 0 saturated carbocycles. The Morgan fingerprint density at radius 2 is 1.64 bits per heavy atom. The van der Waals surface area contributed by atoms with E-state index in [1.807, 2.05) is 55.6 Å². The third-order valence-corrected chi connectivity index (χ3v) is 3.46. The predicted molar refractivity (Wildman–Crippen MR) is 96.2 cm³/mol. The van der Waals surface area contributed by atoms with Crippen molar-refractivity contribution in [3.8, 4) is 0 Å². The van der Waals surface area contributed by atoms with Gasteiger partial charge in [-0.1, -0.05) is 42.5 Å². The fourth-order valence-electron chi connectivity index (χ4n) is 2.24. The second-order valence-corrected chi connectivity index (χ2v) is 5.48. The lowest BCUT2D eigenvalue weighted by Crippen LogP contribution is -2.35. The van der Waals surface area contributed by atoms with Crippen molar-refractivity contribution in [2.45, 2.75) is 13.2 Å². The summed E-state index contributed by atoms with van der Waals surface area (Å²) < 4.78 is 5.09. The molecule has 2 amide bonds. The number of carbonyl (C=O) groups excluding carboxylic acids is 2. The summed E-state index contributed by atoms with van der Waals surface area (Å²) in [6, 6.07) is 16.9. The Morgan fingerprint density at radius 1 is 0.920 bits per heavy atom. The fourth-order valence-corrected chi connectivity index (χ4v) is 2.24. The minimum absolute atomic E-state index is 0.169. The Labute approximate surface area is 147 Å². The summed E-state index contributed by atoms with van der Waals surface area (Å²) in [4.78, 5) is 23.7. The van der Waals surface area contributed by atoms with Crippen LogP contribution in [0.15, 0.2) is 54.6 Å². The number of hydrogen-bond acceptors (Lipinski definition) is 4. The number of nitrogens with one attached hydrogen (secondary N) is 3. The van der Waals surface area contributed by atoms with E-state index in [1.165, 1.54) is 0 Å². The number of rotatable bonds is 8. The number of amides is 2. The van der Waals surface area contributed by atoms with Crippen LogP contribution in [0, 0.1) is 0 Å². The summed E-state index contributed by atoms with van der Waals surface area (Å²) in [6.07, 6.45) is -0.505. The van der Waals surface area contributed by atoms with Crippen LogP contribution in [0.1, 0.15) is 21.5 Å². The second-order valence-electron chi connectivity index (χ2n) is 5.48. The van der Waals surface area contributed by atoms with Gasteiger partial charge in [0.1, 0.15) is 6.61 Å². The van der Waals surface area contributed by atoms with Gasteiger partial charge in [-0.25, -0.2) is 4.79 Å². The van der Waals surface area contributed by atoms with E-state index in [0.29, 0.717) is 25.2 Å². The predicted octanol–water partition coefficient (Wildman–Crippen LogP) is 2.06. The van der Waals surface area contributed by atoms with Gasteiger partial charge in [-0.05, 0) is 30.3 Å². The Bertz CT molecular complexity index is 689. The van der Waals surface area contributed by atoms with Crippen molar-refractivity contribution in [1.29, 1.82) is 0 Å². The van der Waals surface area contributed by atoms with Crippen molar-refractivity contribution in [1.82, 2.24) is 16.0 Å². The molecule has 0 spiro atoms. The average molecular weight is 341 g/mol. The molecule has 2 aromatic rings. The van der Waals surface area contributed by atoms with Gasteiger partial charge >= 0.3 is 6.09 Å². The van der Waals surface area contributed by atoms with Crippen LogP contribution in [0.2, 0.25) is 0 Å². The highest BCUT2D eigenvalue weighted by Crippen LogP contribution is 2.05. The Kier molecular flexibility index (Phi) is 7.46. The van der Waals surface area contributed by atoms with Crippen LogP contribution >= 0.6 is 0 Å². The highest BCUT2D eigenvalue weighted by atomic mass is 16.5. The van der Waals surface area contributed by atoms with Crippen molar-refractivity contribution < 1.29 is 14.3 Å². The monoisotopic (exact) mass is 341 g/mol. The van der Waals surface area contributed by atoms with E-state index in [9.17, 15) is 9.59 Å². The van der Waals surface area contributed by atoms with Crippen molar-refractivity contribution >= 4 is 12.0 Å². The van der Waals surface area contributed by atoms with E-state index in [4.69, 9.17) is 4.74 Å². The minimum atomic E-state index is -0.505. The smallest absolute Gasteiger partial charge is 0.407 e. The molecule has 6 heteroatoms. The Hall–Kier alpha value is -2.86. The molecule has 0 atom stereocenters. The zero-order valence-corrected chi connectivity index (χ0v) is 14.2. The number of hydrogen-bond donors (Lipinski definition) is 3. The van der Waals surface area contributed by atoms with Gasteiger partial charge < -0.3 is 20.7 Å². The van der Waals surface area contributed by atoms with E-state index in [-0.39, 0.29) is 12.5 Å². The van der Waals surface area contributed by atoms with Gasteiger partial charge in [0.15, 0.2) is 0 Å². The molecule has 0 fully saturated rings. The van der Waals surface area contributed by atoms with E-state index in [2.05, 4.69) is 16.0 Å². The van der Waals surface area contributed by atoms with Gasteiger partial charge in [0.05, 0.1) is 0 Å². The number of ether oxygens (including phenoxy) is 1. The van der Waals surface area contributed by atoms with Crippen LogP contribution in [0.3, 0.4) is 0 Å². The highest BCUT2D eigenvalue weighted by Gasteiger charge is 2.06. The van der Waals surface area contributed by atoms with E-state index >= 15 is 0 Å². The molecule has 0 unspecified atom stereocenters. The maximum atomic E-state index is 12.1. The molecular formula is C19H23N3O3. The van der Waals surface area contributed by atoms with Crippen LogP contribution < -0.4 is 16.0 Å². The normalized spacial score (nSPS) is 10.1. The number of alkyl carbamates (subject to hydrolysis) is 1. The average Bonchev–Trinajstić information content (AvgIpc) is 2.65. The molecule has 0 saturated heterocycles. The molecule has 2 rings (SSSR count). The van der Waals surface area contributed by atoms with Crippen LogP contribution in [-0.2, 0) is 17.9 Å². The molecule has 0 aliphatic carbocycles. The summed E-state index contributed by atoms with van der Waals surface area (Å²) >= 11 is 0. The zero-order valence-electron chi connectivity index (χ0n) is 14.2. The SMILES string of the molecule is CNCc1cccc(C(=O)NCCNC(=O)OCc2ccccc2)c1. The first-order valence-electron chi connectivity index (χ1n) is 8.15. The van der Waals surface area contributed by atoms with Crippen molar-refractivity contribution in [3.05, 3.63) is 71.3 Å². The van der Waals surface area contributed by atoms with Gasteiger partial charge in [0, 0.05) is 25.2 Å². The molecule has 0 heterocycles. The van der Waals surface area contributed by atoms with Gasteiger partial charge in [0.2, 0.25) is 0 Å². The second kappa shape index (κ2) is 10.1. The van der Waals surface area contributed by atoms with Crippen LogP contribution in [0.4, 0.5) is 4.79 Å². The number of carbonyl (C=O) groups is 2. The van der Waals surface area contributed by atoms with Crippen LogP contribution in [-0.4, -0.2) is 32.1 Å².